The molecule has 0 spiro atoms. The number of rotatable bonds is 8. The van der Waals surface area contributed by atoms with Crippen LogP contribution in [-0.2, 0) is 19.4 Å². The fourth-order valence-corrected chi connectivity index (χ4v) is 6.32. The lowest BCUT2D eigenvalue weighted by Crippen LogP contribution is -2.36. The number of hydrogen-bond donors (Lipinski definition) is 1. The van der Waals surface area contributed by atoms with Gasteiger partial charge in [0.1, 0.15) is 5.58 Å². The molecule has 1 aliphatic heterocycles. The monoisotopic (exact) mass is 610 g/mol. The van der Waals surface area contributed by atoms with Crippen LogP contribution >= 0.6 is 0 Å². The van der Waals surface area contributed by atoms with Crippen LogP contribution in [0.1, 0.15) is 37.4 Å². The third-order valence-corrected chi connectivity index (χ3v) is 8.81. The van der Waals surface area contributed by atoms with Gasteiger partial charge in [0.2, 0.25) is 0 Å². The van der Waals surface area contributed by atoms with Crippen molar-refractivity contribution >= 4 is 33.6 Å². The van der Waals surface area contributed by atoms with Crippen molar-refractivity contribution < 1.29 is 23.5 Å². The highest BCUT2D eigenvalue weighted by molar-refractivity contribution is 6.14. The molecule has 7 rings (SSSR count). The maximum Gasteiger partial charge on any atom is 0.254 e. The van der Waals surface area contributed by atoms with Crippen molar-refractivity contribution in [3.63, 3.8) is 0 Å². The summed E-state index contributed by atoms with van der Waals surface area (Å²) in [6, 6.07) is 31.5. The van der Waals surface area contributed by atoms with Crippen LogP contribution in [0.25, 0.3) is 32.9 Å². The van der Waals surface area contributed by atoms with Gasteiger partial charge in [0.05, 0.1) is 20.5 Å². The van der Waals surface area contributed by atoms with Crippen molar-refractivity contribution in [2.45, 2.75) is 19.4 Å². The number of nitrogens with one attached hydrogen (secondary N) is 1. The lowest BCUT2D eigenvalue weighted by molar-refractivity contribution is 0.0734. The Kier molecular flexibility index (Phi) is 7.89. The smallest absolute Gasteiger partial charge is 0.254 e. The molecule has 1 aliphatic rings. The molecule has 0 saturated heterocycles. The number of benzene rings is 5. The predicted octanol–water partition coefficient (Wildman–Crippen LogP) is 7.44. The van der Waals surface area contributed by atoms with Gasteiger partial charge in [-0.2, -0.15) is 0 Å². The largest absolute Gasteiger partial charge is 0.493 e. The van der Waals surface area contributed by atoms with Crippen LogP contribution in [0.15, 0.2) is 108 Å². The third kappa shape index (κ3) is 5.56. The Hall–Kier alpha value is -5.56. The Morgan fingerprint density at radius 1 is 0.826 bits per heavy atom. The molecule has 6 aromatic rings. The molecule has 0 radical (unpaired) electrons. The van der Waals surface area contributed by atoms with Gasteiger partial charge in [0, 0.05) is 41.7 Å². The van der Waals surface area contributed by atoms with E-state index in [1.807, 2.05) is 89.8 Å². The molecule has 0 atom stereocenters. The number of amides is 2. The second kappa shape index (κ2) is 12.4. The third-order valence-electron chi connectivity index (χ3n) is 8.81. The van der Waals surface area contributed by atoms with Crippen molar-refractivity contribution in [3.05, 3.63) is 131 Å². The molecule has 7 heteroatoms. The molecule has 7 nitrogen and oxygen atoms in total. The zero-order chi connectivity index (χ0) is 31.6. The molecule has 1 aromatic heterocycles. The number of furan rings is 1. The summed E-state index contributed by atoms with van der Waals surface area (Å²) in [6.45, 7) is 1.71. The van der Waals surface area contributed by atoms with E-state index in [2.05, 4.69) is 17.4 Å². The maximum absolute atomic E-state index is 13.7. The standard InChI is InChI=1S/C39H34N2O5/c1-44-35-21-28-17-19-41(23-31(28)22-36(35)45-2)39(43)30-12-14-32-29(20-30)13-15-34-37(32)33(24-46-34)26-8-10-27(11-9-26)38(42)40-18-16-25-6-4-3-5-7-25/h3-15,20-22,24H,16-19,23H2,1-2H3,(H,40,42). The average Bonchev–Trinajstić information content (AvgIpc) is 3.55. The van der Waals surface area contributed by atoms with Crippen LogP contribution in [-0.4, -0.2) is 44.0 Å². The van der Waals surface area contributed by atoms with Crippen LogP contribution in [0.4, 0.5) is 0 Å². The number of methoxy groups -OCH3 is 2. The molecule has 2 heterocycles. The molecule has 1 N–H and O–H groups in total. The fourth-order valence-electron chi connectivity index (χ4n) is 6.32. The van der Waals surface area contributed by atoms with E-state index in [0.29, 0.717) is 42.3 Å². The Bertz CT molecular complexity index is 2060. The normalized spacial score (nSPS) is 12.6. The number of hydrogen-bond acceptors (Lipinski definition) is 5. The van der Waals surface area contributed by atoms with Gasteiger partial charge >= 0.3 is 0 Å². The number of nitrogens with zero attached hydrogens (tertiary/aromatic N) is 1. The molecular weight excluding hydrogens is 576 g/mol. The van der Waals surface area contributed by atoms with E-state index in [1.165, 1.54) is 11.1 Å². The second-order valence-electron chi connectivity index (χ2n) is 11.5. The number of ether oxygens (including phenoxy) is 2. The Morgan fingerprint density at radius 2 is 1.57 bits per heavy atom. The summed E-state index contributed by atoms with van der Waals surface area (Å²) in [5.74, 6) is 1.26. The molecular formula is C39H34N2O5. The highest BCUT2D eigenvalue weighted by Gasteiger charge is 2.24. The van der Waals surface area contributed by atoms with Gasteiger partial charge in [-0.1, -0.05) is 54.6 Å². The van der Waals surface area contributed by atoms with Gasteiger partial charge in [0.15, 0.2) is 11.5 Å². The second-order valence-corrected chi connectivity index (χ2v) is 11.5. The molecule has 0 fully saturated rings. The molecule has 0 aliphatic carbocycles. The van der Waals surface area contributed by atoms with Crippen molar-refractivity contribution in [2.75, 3.05) is 27.3 Å². The summed E-state index contributed by atoms with van der Waals surface area (Å²) in [5, 5.41) is 5.94. The Morgan fingerprint density at radius 3 is 2.33 bits per heavy atom. The summed E-state index contributed by atoms with van der Waals surface area (Å²) in [7, 11) is 3.25. The van der Waals surface area contributed by atoms with Crippen molar-refractivity contribution in [1.29, 1.82) is 0 Å². The van der Waals surface area contributed by atoms with E-state index in [9.17, 15) is 9.59 Å². The minimum absolute atomic E-state index is 0.00696. The van der Waals surface area contributed by atoms with Crippen LogP contribution in [0.3, 0.4) is 0 Å². The first-order valence-corrected chi connectivity index (χ1v) is 15.4. The lowest BCUT2D eigenvalue weighted by atomic mass is 9.96. The molecule has 46 heavy (non-hydrogen) atoms. The summed E-state index contributed by atoms with van der Waals surface area (Å²) in [5.41, 5.74) is 7.33. The summed E-state index contributed by atoms with van der Waals surface area (Å²) >= 11 is 0. The van der Waals surface area contributed by atoms with Crippen molar-refractivity contribution in [3.8, 4) is 22.6 Å². The average molecular weight is 611 g/mol. The maximum atomic E-state index is 13.7. The van der Waals surface area contributed by atoms with Crippen LogP contribution in [0.5, 0.6) is 11.5 Å². The molecule has 0 saturated carbocycles. The zero-order valence-electron chi connectivity index (χ0n) is 25.8. The first-order chi connectivity index (χ1) is 22.5. The molecule has 5 aromatic carbocycles. The van der Waals surface area contributed by atoms with Crippen molar-refractivity contribution in [2.24, 2.45) is 0 Å². The van der Waals surface area contributed by atoms with E-state index in [-0.39, 0.29) is 11.8 Å². The topological polar surface area (TPSA) is 81.0 Å². The molecule has 0 unspecified atom stereocenters. The van der Waals surface area contributed by atoms with Gasteiger partial charge < -0.3 is 24.1 Å². The van der Waals surface area contributed by atoms with Gasteiger partial charge in [-0.25, -0.2) is 0 Å². The highest BCUT2D eigenvalue weighted by atomic mass is 16.5. The fraction of sp³-hybridized carbons (Fsp3) is 0.179. The van der Waals surface area contributed by atoms with Crippen LogP contribution < -0.4 is 14.8 Å². The van der Waals surface area contributed by atoms with Gasteiger partial charge in [0.25, 0.3) is 11.8 Å². The molecule has 230 valence electrons. The number of fused-ring (bicyclic) bond motifs is 4. The van der Waals surface area contributed by atoms with Crippen LogP contribution in [0, 0.1) is 0 Å². The quantitative estimate of drug-likeness (QED) is 0.194. The Labute approximate surface area is 267 Å². The van der Waals surface area contributed by atoms with E-state index < -0.39 is 0 Å². The molecule has 2 amide bonds. The molecule has 0 bridgehead atoms. The van der Waals surface area contributed by atoms with E-state index in [0.717, 1.165) is 51.3 Å². The summed E-state index contributed by atoms with van der Waals surface area (Å²) in [6.07, 6.45) is 3.29. The first-order valence-electron chi connectivity index (χ1n) is 15.4. The lowest BCUT2D eigenvalue weighted by Gasteiger charge is -2.29. The van der Waals surface area contributed by atoms with Crippen molar-refractivity contribution in [1.82, 2.24) is 10.2 Å². The van der Waals surface area contributed by atoms with Gasteiger partial charge in [-0.3, -0.25) is 9.59 Å². The van der Waals surface area contributed by atoms with E-state index >= 15 is 0 Å². The van der Waals surface area contributed by atoms with E-state index in [4.69, 9.17) is 13.9 Å². The zero-order valence-corrected chi connectivity index (χ0v) is 25.8. The van der Waals surface area contributed by atoms with E-state index in [1.54, 1.807) is 20.5 Å². The van der Waals surface area contributed by atoms with Gasteiger partial charge in [-0.15, -0.1) is 0 Å². The number of carbonyl (C=O) groups excluding carboxylic acids is 2. The summed E-state index contributed by atoms with van der Waals surface area (Å²) in [4.78, 5) is 28.3. The SMILES string of the molecule is COc1cc2c(cc1OC)CN(C(=O)c1ccc3c(ccc4occ(-c5ccc(C(=O)NCCc6ccccc6)cc5)c43)c1)CC2. The first kappa shape index (κ1) is 29.2. The van der Waals surface area contributed by atoms with Crippen LogP contribution in [0.2, 0.25) is 0 Å². The Balaban J connectivity index is 1.10. The van der Waals surface area contributed by atoms with Gasteiger partial charge in [-0.05, 0) is 88.3 Å². The minimum atomic E-state index is -0.0989. The minimum Gasteiger partial charge on any atom is -0.493 e. The predicted molar refractivity (Wildman–Crippen MR) is 180 cm³/mol. The highest BCUT2D eigenvalue weighted by Crippen LogP contribution is 2.37. The summed E-state index contributed by atoms with van der Waals surface area (Å²) < 4.78 is 16.9. The number of carbonyl (C=O) groups is 2.